The minimum atomic E-state index is -0.0904. The van der Waals surface area contributed by atoms with E-state index in [0.29, 0.717) is 12.3 Å². The first-order valence-electron chi connectivity index (χ1n) is 10.5. The van der Waals surface area contributed by atoms with Crippen LogP contribution in [0.5, 0.6) is 0 Å². The molecule has 32 heavy (non-hydrogen) atoms. The molecule has 3 aromatic carbocycles. The summed E-state index contributed by atoms with van der Waals surface area (Å²) < 4.78 is 3.52. The molecule has 1 N–H and O–H groups in total. The predicted octanol–water partition coefficient (Wildman–Crippen LogP) is 5.17. The Balaban J connectivity index is 1.48. The largest absolute Gasteiger partial charge is 0.391 e. The molecule has 4 rings (SSSR count). The van der Waals surface area contributed by atoms with Crippen LogP contribution in [0, 0.1) is 6.92 Å². The zero-order chi connectivity index (χ0) is 22.5. The Morgan fingerprint density at radius 1 is 0.938 bits per heavy atom. The van der Waals surface area contributed by atoms with Gasteiger partial charge in [-0.05, 0) is 49.2 Å². The van der Waals surface area contributed by atoms with E-state index in [9.17, 15) is 4.79 Å². The van der Waals surface area contributed by atoms with E-state index in [0.717, 1.165) is 33.9 Å². The first-order valence-corrected chi connectivity index (χ1v) is 10.5. The summed E-state index contributed by atoms with van der Waals surface area (Å²) >= 11 is 0. The van der Waals surface area contributed by atoms with Gasteiger partial charge >= 0.3 is 0 Å². The number of oxime groups is 1. The van der Waals surface area contributed by atoms with E-state index < -0.39 is 0 Å². The highest BCUT2D eigenvalue weighted by molar-refractivity contribution is 5.98. The third-order valence-electron chi connectivity index (χ3n) is 5.40. The third-order valence-corrected chi connectivity index (χ3v) is 5.40. The third kappa shape index (κ3) is 4.49. The number of para-hydroxylation sites is 1. The summed E-state index contributed by atoms with van der Waals surface area (Å²) in [5, 5.41) is 7.50. The van der Waals surface area contributed by atoms with Gasteiger partial charge in [-0.1, -0.05) is 65.8 Å². The van der Waals surface area contributed by atoms with Crippen molar-refractivity contribution in [3.05, 3.63) is 112 Å². The van der Waals surface area contributed by atoms with E-state index in [1.54, 1.807) is 4.68 Å². The molecule has 6 heteroatoms. The molecule has 0 saturated carbocycles. The zero-order valence-electron chi connectivity index (χ0n) is 18.4. The van der Waals surface area contributed by atoms with Gasteiger partial charge in [-0.3, -0.25) is 9.48 Å². The number of nitrogens with zero attached hydrogens (tertiary/aromatic N) is 3. The monoisotopic (exact) mass is 426 g/mol. The van der Waals surface area contributed by atoms with Crippen LogP contribution >= 0.6 is 0 Å². The molecule has 4 aromatic rings. The molecule has 0 saturated heterocycles. The van der Waals surface area contributed by atoms with E-state index >= 15 is 0 Å². The predicted molar refractivity (Wildman–Crippen MR) is 129 cm³/mol. The highest BCUT2D eigenvalue weighted by Gasteiger charge is 2.16. The van der Waals surface area contributed by atoms with Crippen molar-refractivity contribution in [2.75, 3.05) is 5.32 Å². The van der Waals surface area contributed by atoms with Gasteiger partial charge in [0.1, 0.15) is 12.3 Å². The summed E-state index contributed by atoms with van der Waals surface area (Å²) in [6.45, 7) is 4.27. The lowest BCUT2D eigenvalue weighted by Gasteiger charge is -2.07. The van der Waals surface area contributed by atoms with Gasteiger partial charge in [0.15, 0.2) is 0 Å². The van der Waals surface area contributed by atoms with Crippen molar-refractivity contribution in [3.8, 4) is 5.69 Å². The number of hydrogen-bond donors (Lipinski definition) is 1. The first kappa shape index (κ1) is 21.2. The molecule has 0 spiro atoms. The Hall–Kier alpha value is -4.06. The number of rotatable bonds is 7. The van der Waals surface area contributed by atoms with Crippen LogP contribution in [0.1, 0.15) is 23.7 Å². The molecule has 0 bridgehead atoms. The van der Waals surface area contributed by atoms with Gasteiger partial charge in [-0.25, -0.2) is 4.68 Å². The van der Waals surface area contributed by atoms with Crippen molar-refractivity contribution in [3.63, 3.8) is 0 Å². The minimum absolute atomic E-state index is 0.0904. The molecular formula is C26H26N4O2. The number of anilines is 2. The van der Waals surface area contributed by atoms with Gasteiger partial charge in [0.05, 0.1) is 17.1 Å². The number of aromatic nitrogens is 2. The average molecular weight is 427 g/mol. The fourth-order valence-electron chi connectivity index (χ4n) is 3.48. The van der Waals surface area contributed by atoms with E-state index in [2.05, 4.69) is 10.5 Å². The zero-order valence-corrected chi connectivity index (χ0v) is 18.4. The molecule has 0 amide bonds. The summed E-state index contributed by atoms with van der Waals surface area (Å²) in [5.74, 6) is 0. The summed E-state index contributed by atoms with van der Waals surface area (Å²) in [4.78, 5) is 18.5. The van der Waals surface area contributed by atoms with Gasteiger partial charge in [-0.15, -0.1) is 0 Å². The molecule has 0 aliphatic rings. The van der Waals surface area contributed by atoms with Gasteiger partial charge in [0, 0.05) is 12.7 Å². The van der Waals surface area contributed by atoms with Crippen LogP contribution in [0.4, 0.5) is 11.4 Å². The molecule has 162 valence electrons. The second kappa shape index (κ2) is 9.39. The Labute approximate surface area is 187 Å². The Bertz CT molecular complexity index is 1270. The number of hydrogen-bond acceptors (Lipinski definition) is 4. The van der Waals surface area contributed by atoms with Crippen molar-refractivity contribution in [2.24, 2.45) is 12.2 Å². The quantitative estimate of drug-likeness (QED) is 0.328. The van der Waals surface area contributed by atoms with Crippen molar-refractivity contribution in [2.45, 2.75) is 20.5 Å². The van der Waals surface area contributed by atoms with Crippen molar-refractivity contribution < 1.29 is 4.84 Å². The molecule has 0 fully saturated rings. The van der Waals surface area contributed by atoms with Gasteiger partial charge in [-0.2, -0.15) is 0 Å². The van der Waals surface area contributed by atoms with Gasteiger partial charge < -0.3 is 10.2 Å². The van der Waals surface area contributed by atoms with Crippen molar-refractivity contribution in [1.29, 1.82) is 0 Å². The van der Waals surface area contributed by atoms with Crippen molar-refractivity contribution >= 4 is 17.1 Å². The molecule has 1 heterocycles. The first-order chi connectivity index (χ1) is 15.5. The molecule has 0 unspecified atom stereocenters. The maximum absolute atomic E-state index is 13.1. The van der Waals surface area contributed by atoms with Crippen LogP contribution in [-0.4, -0.2) is 15.1 Å². The van der Waals surface area contributed by atoms with Crippen LogP contribution in [0.15, 0.2) is 94.9 Å². The van der Waals surface area contributed by atoms with E-state index in [4.69, 9.17) is 4.84 Å². The lowest BCUT2D eigenvalue weighted by atomic mass is 10.1. The lowest BCUT2D eigenvalue weighted by Crippen LogP contribution is -2.20. The van der Waals surface area contributed by atoms with Crippen LogP contribution in [0.2, 0.25) is 0 Å². The van der Waals surface area contributed by atoms with Crippen LogP contribution in [-0.2, 0) is 18.5 Å². The smallest absolute Gasteiger partial charge is 0.295 e. The van der Waals surface area contributed by atoms with Gasteiger partial charge in [0.2, 0.25) is 0 Å². The second-order valence-corrected chi connectivity index (χ2v) is 7.57. The maximum Gasteiger partial charge on any atom is 0.295 e. The average Bonchev–Trinajstić information content (AvgIpc) is 3.03. The Morgan fingerprint density at radius 2 is 1.56 bits per heavy atom. The molecule has 0 aliphatic heterocycles. The normalized spacial score (nSPS) is 11.4. The topological polar surface area (TPSA) is 60.5 Å². The molecule has 1 aromatic heterocycles. The molecule has 0 radical (unpaired) electrons. The van der Waals surface area contributed by atoms with E-state index in [1.165, 1.54) is 0 Å². The van der Waals surface area contributed by atoms with Crippen molar-refractivity contribution in [1.82, 2.24) is 9.36 Å². The molecule has 6 nitrogen and oxygen atoms in total. The number of nitrogens with one attached hydrogen (secondary N) is 1. The summed E-state index contributed by atoms with van der Waals surface area (Å²) in [6, 6.07) is 27.3. The Kier molecular flexibility index (Phi) is 6.22. The molecule has 0 aliphatic carbocycles. The van der Waals surface area contributed by atoms with Crippen LogP contribution in [0.3, 0.4) is 0 Å². The summed E-state index contributed by atoms with van der Waals surface area (Å²) in [7, 11) is 1.88. The van der Waals surface area contributed by atoms with Crippen LogP contribution < -0.4 is 10.9 Å². The fraction of sp³-hybridized carbons (Fsp3) is 0.154. The van der Waals surface area contributed by atoms with Gasteiger partial charge in [0.25, 0.3) is 5.56 Å². The maximum atomic E-state index is 13.1. The minimum Gasteiger partial charge on any atom is -0.391 e. The Morgan fingerprint density at radius 3 is 2.22 bits per heavy atom. The lowest BCUT2D eigenvalue weighted by molar-refractivity contribution is 0.130. The van der Waals surface area contributed by atoms with Crippen LogP contribution in [0.25, 0.3) is 5.69 Å². The fourth-order valence-corrected chi connectivity index (χ4v) is 3.48. The number of benzene rings is 3. The summed E-state index contributed by atoms with van der Waals surface area (Å²) in [6.07, 6.45) is 0. The highest BCUT2D eigenvalue weighted by atomic mass is 16.6. The standard InChI is InChI=1S/C26H26N4O2/c1-19(28-32-18-21-10-6-4-7-11-21)22-14-16-23(17-15-22)27-25-20(2)29(3)30(26(25)31)24-12-8-5-9-13-24/h4-17,27H,18H2,1-3H3/b28-19+. The highest BCUT2D eigenvalue weighted by Crippen LogP contribution is 2.20. The SMILES string of the molecule is C/C(=N\OCc1ccccc1)c1ccc(Nc2c(C)n(C)n(-c3ccccc3)c2=O)cc1. The molecule has 0 atom stereocenters. The summed E-state index contributed by atoms with van der Waals surface area (Å²) in [5.41, 5.74) is 5.79. The van der Waals surface area contributed by atoms with E-state index in [1.807, 2.05) is 111 Å². The second-order valence-electron chi connectivity index (χ2n) is 7.57. The molecular weight excluding hydrogens is 400 g/mol. The van der Waals surface area contributed by atoms with E-state index in [-0.39, 0.29) is 5.56 Å².